The van der Waals surface area contributed by atoms with Gasteiger partial charge in [-0.15, -0.1) is 0 Å². The third-order valence-electron chi connectivity index (χ3n) is 6.42. The summed E-state index contributed by atoms with van der Waals surface area (Å²) in [6, 6.07) is 8.88. The van der Waals surface area contributed by atoms with Gasteiger partial charge in [-0.2, -0.15) is 0 Å². The predicted octanol–water partition coefficient (Wildman–Crippen LogP) is 3.18. The van der Waals surface area contributed by atoms with Crippen molar-refractivity contribution < 1.29 is 0 Å². The number of rotatable bonds is 2. The highest BCUT2D eigenvalue weighted by Crippen LogP contribution is 2.39. The number of allylic oxidation sites excluding steroid dienone is 6. The summed E-state index contributed by atoms with van der Waals surface area (Å²) >= 11 is 0. The highest BCUT2D eigenvalue weighted by molar-refractivity contribution is 5.77. The fourth-order valence-electron chi connectivity index (χ4n) is 5.09. The summed E-state index contributed by atoms with van der Waals surface area (Å²) in [6.07, 6.45) is 16.8. The second-order valence-electron chi connectivity index (χ2n) is 7.74. The summed E-state index contributed by atoms with van der Waals surface area (Å²) in [7, 11) is 0. The number of benzene rings is 1. The molecule has 122 valence electrons. The van der Waals surface area contributed by atoms with E-state index in [4.69, 9.17) is 0 Å². The summed E-state index contributed by atoms with van der Waals surface area (Å²) in [5, 5.41) is 2.80. The lowest BCUT2D eigenvalue weighted by atomic mass is 9.74. The van der Waals surface area contributed by atoms with Crippen LogP contribution in [-0.4, -0.2) is 24.5 Å². The Morgan fingerprint density at radius 2 is 1.88 bits per heavy atom. The van der Waals surface area contributed by atoms with Gasteiger partial charge in [-0.1, -0.05) is 54.6 Å². The summed E-state index contributed by atoms with van der Waals surface area (Å²) in [5.41, 5.74) is 4.58. The van der Waals surface area contributed by atoms with E-state index in [-0.39, 0.29) is 0 Å². The molecule has 0 saturated carbocycles. The molecule has 1 aromatic carbocycles. The van der Waals surface area contributed by atoms with E-state index in [0.717, 1.165) is 18.3 Å². The topological polar surface area (TPSA) is 3.24 Å². The molecule has 3 heterocycles. The van der Waals surface area contributed by atoms with E-state index in [1.807, 2.05) is 0 Å². The first-order valence-corrected chi connectivity index (χ1v) is 9.47. The molecule has 3 fully saturated rings. The van der Waals surface area contributed by atoms with Gasteiger partial charge >= 0.3 is 0 Å². The Hall–Kier alpha value is -1.86. The van der Waals surface area contributed by atoms with Crippen molar-refractivity contribution in [2.75, 3.05) is 19.6 Å². The lowest BCUT2D eigenvalue weighted by molar-refractivity contribution is 0.0516. The molecule has 0 aromatic heterocycles. The molecule has 2 aliphatic carbocycles. The van der Waals surface area contributed by atoms with Gasteiger partial charge in [0.15, 0.2) is 0 Å². The minimum Gasteiger partial charge on any atom is -0.303 e. The second-order valence-corrected chi connectivity index (χ2v) is 7.74. The van der Waals surface area contributed by atoms with Crippen molar-refractivity contribution in [3.05, 3.63) is 70.2 Å². The molecule has 0 N–H and O–H groups in total. The Morgan fingerprint density at radius 3 is 2.71 bits per heavy atom. The van der Waals surface area contributed by atoms with E-state index in [0.29, 0.717) is 0 Å². The molecule has 3 aliphatic heterocycles. The third kappa shape index (κ3) is 2.43. The van der Waals surface area contributed by atoms with Crippen molar-refractivity contribution in [3.63, 3.8) is 0 Å². The van der Waals surface area contributed by atoms with Crippen LogP contribution in [-0.2, 0) is 0 Å². The van der Waals surface area contributed by atoms with Crippen LogP contribution in [0.4, 0.5) is 0 Å². The molecule has 1 aromatic rings. The molecular weight excluding hydrogens is 290 g/mol. The quantitative estimate of drug-likeness (QED) is 0.810. The molecule has 24 heavy (non-hydrogen) atoms. The van der Waals surface area contributed by atoms with Crippen LogP contribution >= 0.6 is 0 Å². The Bertz CT molecular complexity index is 860. The number of fused-ring (bicyclic) bond motifs is 5. The van der Waals surface area contributed by atoms with Crippen LogP contribution in [0.3, 0.4) is 0 Å². The van der Waals surface area contributed by atoms with Gasteiger partial charge in [-0.05, 0) is 77.8 Å². The molecule has 1 nitrogen and oxygen atoms in total. The third-order valence-corrected chi connectivity index (χ3v) is 6.42. The SMILES string of the molecule is C1=CCC2=c3ccccc3=CC=C(CC3CN4CCC3CC4)C2=C1. The van der Waals surface area contributed by atoms with Crippen LogP contribution in [0.5, 0.6) is 0 Å². The molecule has 0 amide bonds. The van der Waals surface area contributed by atoms with Crippen molar-refractivity contribution in [1.82, 2.24) is 4.90 Å². The maximum Gasteiger partial charge on any atom is 0.00155 e. The van der Waals surface area contributed by atoms with Crippen molar-refractivity contribution in [2.45, 2.75) is 25.7 Å². The Balaban J connectivity index is 1.55. The second kappa shape index (κ2) is 5.89. The van der Waals surface area contributed by atoms with Gasteiger partial charge in [-0.3, -0.25) is 0 Å². The van der Waals surface area contributed by atoms with Gasteiger partial charge in [0.1, 0.15) is 0 Å². The van der Waals surface area contributed by atoms with Gasteiger partial charge in [0.25, 0.3) is 0 Å². The maximum absolute atomic E-state index is 2.68. The van der Waals surface area contributed by atoms with Crippen molar-refractivity contribution in [2.24, 2.45) is 11.8 Å². The zero-order valence-corrected chi connectivity index (χ0v) is 14.2. The van der Waals surface area contributed by atoms with Crippen LogP contribution < -0.4 is 10.4 Å². The lowest BCUT2D eigenvalue weighted by Gasteiger charge is -2.45. The molecule has 1 atom stereocenters. The summed E-state index contributed by atoms with van der Waals surface area (Å²) in [5.74, 6) is 1.80. The van der Waals surface area contributed by atoms with E-state index in [1.54, 1.807) is 5.57 Å². The van der Waals surface area contributed by atoms with Gasteiger partial charge in [0.2, 0.25) is 0 Å². The fourth-order valence-corrected chi connectivity index (χ4v) is 5.09. The Labute approximate surface area is 144 Å². The standard InChI is InChI=1S/C23H25N/c1-2-6-21-18(5-1)9-10-19(22-7-3-4-8-23(21)22)15-20-16-24-13-11-17(20)12-14-24/h1-7,9-10,17,20H,8,11-16H2. The normalized spacial score (nSPS) is 30.7. The van der Waals surface area contributed by atoms with Crippen LogP contribution in [0.15, 0.2) is 59.7 Å². The summed E-state index contributed by atoms with van der Waals surface area (Å²) in [4.78, 5) is 2.68. The largest absolute Gasteiger partial charge is 0.303 e. The van der Waals surface area contributed by atoms with Crippen LogP contribution in [0.25, 0.3) is 11.6 Å². The van der Waals surface area contributed by atoms with E-state index in [2.05, 4.69) is 59.5 Å². The van der Waals surface area contributed by atoms with Gasteiger partial charge in [0, 0.05) is 6.54 Å². The van der Waals surface area contributed by atoms with E-state index in [1.165, 1.54) is 60.5 Å². The van der Waals surface area contributed by atoms with Crippen LogP contribution in [0.2, 0.25) is 0 Å². The van der Waals surface area contributed by atoms with Gasteiger partial charge < -0.3 is 4.90 Å². The first-order chi connectivity index (χ1) is 11.9. The molecule has 0 spiro atoms. The Morgan fingerprint density at radius 1 is 1.00 bits per heavy atom. The molecule has 3 saturated heterocycles. The zero-order chi connectivity index (χ0) is 15.9. The molecule has 0 radical (unpaired) electrons. The van der Waals surface area contributed by atoms with Gasteiger partial charge in [-0.25, -0.2) is 0 Å². The van der Waals surface area contributed by atoms with E-state index < -0.39 is 0 Å². The average Bonchev–Trinajstić information content (AvgIpc) is 2.81. The number of hydrogen-bond donors (Lipinski definition) is 0. The van der Waals surface area contributed by atoms with E-state index >= 15 is 0 Å². The molecule has 1 heteroatoms. The highest BCUT2D eigenvalue weighted by Gasteiger charge is 2.34. The predicted molar refractivity (Wildman–Crippen MR) is 101 cm³/mol. The van der Waals surface area contributed by atoms with Crippen LogP contribution in [0, 0.1) is 11.8 Å². The lowest BCUT2D eigenvalue weighted by Crippen LogP contribution is -2.47. The monoisotopic (exact) mass is 315 g/mol. The smallest absolute Gasteiger partial charge is 0.00155 e. The number of piperidine rings is 3. The van der Waals surface area contributed by atoms with E-state index in [9.17, 15) is 0 Å². The van der Waals surface area contributed by atoms with Crippen molar-refractivity contribution in [1.29, 1.82) is 0 Å². The minimum absolute atomic E-state index is 0.849. The first kappa shape index (κ1) is 14.5. The summed E-state index contributed by atoms with van der Waals surface area (Å²) < 4.78 is 0. The molecule has 5 aliphatic rings. The minimum atomic E-state index is 0.849. The summed E-state index contributed by atoms with van der Waals surface area (Å²) in [6.45, 7) is 3.98. The highest BCUT2D eigenvalue weighted by atomic mass is 15.1. The zero-order valence-electron chi connectivity index (χ0n) is 14.2. The maximum atomic E-state index is 2.68. The van der Waals surface area contributed by atoms with Gasteiger partial charge in [0.05, 0.1) is 0 Å². The Kier molecular flexibility index (Phi) is 3.56. The van der Waals surface area contributed by atoms with Crippen LogP contribution in [0.1, 0.15) is 25.7 Å². The van der Waals surface area contributed by atoms with Crippen molar-refractivity contribution in [3.8, 4) is 0 Å². The molecule has 2 bridgehead atoms. The first-order valence-electron chi connectivity index (χ1n) is 9.47. The molecular formula is C23H25N. The fraction of sp³-hybridized carbons (Fsp3) is 0.391. The average molecular weight is 315 g/mol. The molecule has 1 unspecified atom stereocenters. The number of hydrogen-bond acceptors (Lipinski definition) is 1. The van der Waals surface area contributed by atoms with Crippen molar-refractivity contribution >= 4 is 11.6 Å². The molecule has 6 rings (SSSR count). The number of nitrogens with zero attached hydrogens (tertiary/aromatic N) is 1.